The van der Waals surface area contributed by atoms with Crippen LogP contribution in [0, 0.1) is 6.92 Å². The van der Waals surface area contributed by atoms with Gasteiger partial charge in [-0.15, -0.1) is 0 Å². The summed E-state index contributed by atoms with van der Waals surface area (Å²) in [6.45, 7) is 1.51. The second-order valence-corrected chi connectivity index (χ2v) is 6.43. The van der Waals surface area contributed by atoms with Gasteiger partial charge in [-0.3, -0.25) is 9.82 Å². The van der Waals surface area contributed by atoms with Gasteiger partial charge in [0, 0.05) is 10.0 Å². The van der Waals surface area contributed by atoms with E-state index in [1.54, 1.807) is 18.2 Å². The van der Waals surface area contributed by atoms with Crippen molar-refractivity contribution in [3.63, 3.8) is 0 Å². The molecule has 8 heteroatoms. The van der Waals surface area contributed by atoms with Gasteiger partial charge in [-0.2, -0.15) is 13.5 Å². The summed E-state index contributed by atoms with van der Waals surface area (Å²) < 4.78 is 27.5. The maximum absolute atomic E-state index is 12.1. The average Bonchev–Trinajstić information content (AvgIpc) is 2.82. The molecule has 0 fully saturated rings. The topological polar surface area (TPSA) is 95.1 Å². The molecule has 6 nitrogen and oxygen atoms in total. The van der Waals surface area contributed by atoms with E-state index in [4.69, 9.17) is 5.11 Å². The Morgan fingerprint density at radius 1 is 1.47 bits per heavy atom. The lowest BCUT2D eigenvalue weighted by Crippen LogP contribution is -2.15. The molecule has 0 spiro atoms. The molecular weight excluding hydrogens is 334 g/mol. The predicted molar refractivity (Wildman–Crippen MR) is 74.2 cm³/mol. The lowest BCUT2D eigenvalue weighted by Gasteiger charge is -2.08. The van der Waals surface area contributed by atoms with Crippen molar-refractivity contribution in [2.45, 2.75) is 18.6 Å². The van der Waals surface area contributed by atoms with E-state index in [1.807, 2.05) is 6.92 Å². The number of aliphatic hydroxyl groups is 1. The smallest absolute Gasteiger partial charge is 0.279 e. The lowest BCUT2D eigenvalue weighted by atomic mass is 10.2. The zero-order valence-corrected chi connectivity index (χ0v) is 12.4. The first-order valence-corrected chi connectivity index (χ1v) is 7.64. The fraction of sp³-hybridized carbons (Fsp3) is 0.182. The van der Waals surface area contributed by atoms with Crippen molar-refractivity contribution >= 4 is 31.6 Å². The summed E-state index contributed by atoms with van der Waals surface area (Å²) in [4.78, 5) is 0. The van der Waals surface area contributed by atoms with Gasteiger partial charge in [0.15, 0.2) is 5.03 Å². The number of H-pyrrole nitrogens is 1. The molecule has 0 saturated carbocycles. The summed E-state index contributed by atoms with van der Waals surface area (Å²) >= 11 is 3.34. The molecule has 2 aromatic rings. The van der Waals surface area contributed by atoms with Gasteiger partial charge in [-0.1, -0.05) is 22.0 Å². The van der Waals surface area contributed by atoms with Gasteiger partial charge in [-0.05, 0) is 24.6 Å². The summed E-state index contributed by atoms with van der Waals surface area (Å²) in [7, 11) is -3.79. The second-order valence-electron chi connectivity index (χ2n) is 3.95. The van der Waals surface area contributed by atoms with Crippen LogP contribution in [0.4, 0.5) is 5.69 Å². The first-order chi connectivity index (χ1) is 8.94. The number of aromatic nitrogens is 2. The Morgan fingerprint density at radius 2 is 2.21 bits per heavy atom. The molecule has 0 atom stereocenters. The number of anilines is 1. The SMILES string of the molecule is Cc1ccc(NS(=O)(=O)c2[nH]ncc2CO)cc1Br. The van der Waals surface area contributed by atoms with Crippen LogP contribution in [-0.4, -0.2) is 23.7 Å². The third-order valence-electron chi connectivity index (χ3n) is 2.54. The summed E-state index contributed by atoms with van der Waals surface area (Å²) in [5.74, 6) is 0. The molecule has 0 unspecified atom stereocenters. The largest absolute Gasteiger partial charge is 0.392 e. The zero-order valence-electron chi connectivity index (χ0n) is 10.0. The number of rotatable bonds is 4. The van der Waals surface area contributed by atoms with Crippen molar-refractivity contribution in [2.24, 2.45) is 0 Å². The minimum atomic E-state index is -3.79. The van der Waals surface area contributed by atoms with Gasteiger partial charge >= 0.3 is 0 Å². The zero-order chi connectivity index (χ0) is 14.0. The van der Waals surface area contributed by atoms with Crippen LogP contribution < -0.4 is 4.72 Å². The molecule has 1 aromatic heterocycles. The van der Waals surface area contributed by atoms with E-state index in [-0.39, 0.29) is 10.6 Å². The normalized spacial score (nSPS) is 11.5. The lowest BCUT2D eigenvalue weighted by molar-refractivity contribution is 0.278. The number of nitrogens with zero attached hydrogens (tertiary/aromatic N) is 1. The molecule has 19 heavy (non-hydrogen) atoms. The van der Waals surface area contributed by atoms with Gasteiger partial charge in [-0.25, -0.2) is 0 Å². The Kier molecular flexibility index (Phi) is 3.93. The summed E-state index contributed by atoms with van der Waals surface area (Å²) in [5, 5.41) is 14.9. The predicted octanol–water partition coefficient (Wildman–Crippen LogP) is 1.77. The molecular formula is C11H12BrN3O3S. The van der Waals surface area contributed by atoms with Crippen LogP contribution in [-0.2, 0) is 16.6 Å². The van der Waals surface area contributed by atoms with E-state index in [1.165, 1.54) is 6.20 Å². The molecule has 0 radical (unpaired) electrons. The maximum Gasteiger partial charge on any atom is 0.279 e. The van der Waals surface area contributed by atoms with Crippen LogP contribution in [0.1, 0.15) is 11.1 Å². The van der Waals surface area contributed by atoms with Crippen LogP contribution in [0.2, 0.25) is 0 Å². The molecule has 0 amide bonds. The van der Waals surface area contributed by atoms with E-state index in [9.17, 15) is 8.42 Å². The van der Waals surface area contributed by atoms with Crippen molar-refractivity contribution in [3.05, 3.63) is 40.0 Å². The Bertz CT molecular complexity index is 697. The number of benzene rings is 1. The number of aliphatic hydroxyl groups excluding tert-OH is 1. The second kappa shape index (κ2) is 5.32. The van der Waals surface area contributed by atoms with Gasteiger partial charge < -0.3 is 5.11 Å². The highest BCUT2D eigenvalue weighted by molar-refractivity contribution is 9.10. The molecule has 102 valence electrons. The highest BCUT2D eigenvalue weighted by Gasteiger charge is 2.20. The monoisotopic (exact) mass is 345 g/mol. The molecule has 2 rings (SSSR count). The van der Waals surface area contributed by atoms with Crippen LogP contribution in [0.3, 0.4) is 0 Å². The van der Waals surface area contributed by atoms with E-state index in [2.05, 4.69) is 30.8 Å². The third kappa shape index (κ3) is 2.96. The number of aryl methyl sites for hydroxylation is 1. The average molecular weight is 346 g/mol. The fourth-order valence-electron chi connectivity index (χ4n) is 1.51. The van der Waals surface area contributed by atoms with E-state index in [0.29, 0.717) is 5.69 Å². The number of sulfonamides is 1. The highest BCUT2D eigenvalue weighted by atomic mass is 79.9. The van der Waals surface area contributed by atoms with Crippen LogP contribution in [0.25, 0.3) is 0 Å². The van der Waals surface area contributed by atoms with E-state index >= 15 is 0 Å². The third-order valence-corrected chi connectivity index (χ3v) is 4.79. The molecule has 0 saturated heterocycles. The quantitative estimate of drug-likeness (QED) is 0.786. The molecule has 0 bridgehead atoms. The van der Waals surface area contributed by atoms with Crippen molar-refractivity contribution in [3.8, 4) is 0 Å². The van der Waals surface area contributed by atoms with Gasteiger partial charge in [0.2, 0.25) is 0 Å². The van der Waals surface area contributed by atoms with E-state index < -0.39 is 16.6 Å². The molecule has 1 aromatic carbocycles. The van der Waals surface area contributed by atoms with Crippen LogP contribution in [0.15, 0.2) is 33.9 Å². The van der Waals surface area contributed by atoms with Gasteiger partial charge in [0.1, 0.15) is 0 Å². The Morgan fingerprint density at radius 3 is 2.84 bits per heavy atom. The fourth-order valence-corrected chi connectivity index (χ4v) is 3.06. The number of nitrogens with one attached hydrogen (secondary N) is 2. The Hall–Kier alpha value is -1.38. The molecule has 3 N–H and O–H groups in total. The number of halogens is 1. The van der Waals surface area contributed by atoms with Gasteiger partial charge in [0.05, 0.1) is 18.5 Å². The number of aromatic amines is 1. The molecule has 0 aliphatic heterocycles. The maximum atomic E-state index is 12.1. The molecule has 0 aliphatic carbocycles. The minimum Gasteiger partial charge on any atom is -0.392 e. The van der Waals surface area contributed by atoms with E-state index in [0.717, 1.165) is 10.0 Å². The standard InChI is InChI=1S/C11H12BrN3O3S/c1-7-2-3-9(4-10(7)12)15-19(17,18)11-8(6-16)5-13-14-11/h2-5,15-16H,6H2,1H3,(H,13,14). The summed E-state index contributed by atoms with van der Waals surface area (Å²) in [5.41, 5.74) is 1.65. The number of hydrogen-bond acceptors (Lipinski definition) is 4. The van der Waals surface area contributed by atoms with Gasteiger partial charge in [0.25, 0.3) is 10.0 Å². The number of hydrogen-bond donors (Lipinski definition) is 3. The molecule has 1 heterocycles. The van der Waals surface area contributed by atoms with Crippen molar-refractivity contribution in [1.29, 1.82) is 0 Å². The Balaban J connectivity index is 2.34. The highest BCUT2D eigenvalue weighted by Crippen LogP contribution is 2.23. The van der Waals surface area contributed by atoms with Crippen molar-refractivity contribution in [1.82, 2.24) is 10.2 Å². The van der Waals surface area contributed by atoms with Crippen molar-refractivity contribution in [2.75, 3.05) is 4.72 Å². The molecule has 0 aliphatic rings. The van der Waals surface area contributed by atoms with Crippen molar-refractivity contribution < 1.29 is 13.5 Å². The Labute approximate surface area is 119 Å². The van der Waals surface area contributed by atoms with Crippen LogP contribution in [0.5, 0.6) is 0 Å². The minimum absolute atomic E-state index is 0.133. The van der Waals surface area contributed by atoms with Crippen LogP contribution >= 0.6 is 15.9 Å². The summed E-state index contributed by atoms with van der Waals surface area (Å²) in [6, 6.07) is 5.12. The summed E-state index contributed by atoms with van der Waals surface area (Å²) in [6.07, 6.45) is 1.28. The first-order valence-electron chi connectivity index (χ1n) is 5.36. The first kappa shape index (κ1) is 14.0.